The molecule has 2 aromatic rings. The van der Waals surface area contributed by atoms with E-state index < -0.39 is 29.8 Å². The quantitative estimate of drug-likeness (QED) is 0.529. The Balaban J connectivity index is 1.74. The molecule has 0 unspecified atom stereocenters. The number of aromatic nitrogens is 3. The van der Waals surface area contributed by atoms with Crippen molar-refractivity contribution in [3.05, 3.63) is 42.5 Å². The number of hydrogen-bond donors (Lipinski definition) is 3. The minimum absolute atomic E-state index is 0.0611. The highest BCUT2D eigenvalue weighted by molar-refractivity contribution is 6.34. The molecule has 0 saturated heterocycles. The summed E-state index contributed by atoms with van der Waals surface area (Å²) < 4.78 is 0. The molecule has 4 amide bonds. The van der Waals surface area contributed by atoms with Crippen molar-refractivity contribution in [1.82, 2.24) is 30.5 Å². The summed E-state index contributed by atoms with van der Waals surface area (Å²) in [5.41, 5.74) is 6.04. The van der Waals surface area contributed by atoms with Crippen molar-refractivity contribution in [1.29, 1.82) is 0 Å². The van der Waals surface area contributed by atoms with Crippen LogP contribution in [0.3, 0.4) is 0 Å². The number of carbonyl (C=O) groups excluding carboxylic acids is 4. The normalized spacial score (nSPS) is 20.1. The second-order valence-electron chi connectivity index (χ2n) is 7.80. The van der Waals surface area contributed by atoms with Gasteiger partial charge >= 0.3 is 11.8 Å². The van der Waals surface area contributed by atoms with Gasteiger partial charge in [0, 0.05) is 56.4 Å². The van der Waals surface area contributed by atoms with Gasteiger partial charge in [-0.3, -0.25) is 24.2 Å². The Labute approximate surface area is 184 Å². The summed E-state index contributed by atoms with van der Waals surface area (Å²) in [7, 11) is 3.33. The van der Waals surface area contributed by atoms with Gasteiger partial charge in [-0.2, -0.15) is 0 Å². The lowest BCUT2D eigenvalue weighted by atomic mass is 9.81. The predicted molar refractivity (Wildman–Crippen MR) is 114 cm³/mol. The molecule has 3 atom stereocenters. The molecule has 0 radical (unpaired) electrons. The largest absolute Gasteiger partial charge is 0.361 e. The van der Waals surface area contributed by atoms with Crippen LogP contribution in [-0.2, 0) is 14.4 Å². The molecule has 4 N–H and O–H groups in total. The average molecular weight is 439 g/mol. The minimum atomic E-state index is -1.11. The van der Waals surface area contributed by atoms with Crippen LogP contribution in [0.1, 0.15) is 29.6 Å². The number of rotatable bonds is 5. The fraction of sp³-hybridized carbons (Fsp3) is 0.381. The first-order valence-electron chi connectivity index (χ1n) is 10.1. The SMILES string of the molecule is CN(C)C(=O)[C@H]1CC[C@H](NC(=O)C(N)=O)[C@H](NC(=O)c2cnc(-c3ccncc3)nc2)C1. The van der Waals surface area contributed by atoms with Crippen molar-refractivity contribution in [2.45, 2.75) is 31.3 Å². The second-order valence-corrected chi connectivity index (χ2v) is 7.80. The molecule has 11 heteroatoms. The number of primary amides is 1. The summed E-state index contributed by atoms with van der Waals surface area (Å²) in [5, 5.41) is 5.40. The monoisotopic (exact) mass is 439 g/mol. The molecule has 1 aliphatic rings. The van der Waals surface area contributed by atoms with Crippen molar-refractivity contribution >= 4 is 23.6 Å². The number of carbonyl (C=O) groups is 4. The minimum Gasteiger partial charge on any atom is -0.361 e. The zero-order valence-electron chi connectivity index (χ0n) is 17.8. The van der Waals surface area contributed by atoms with E-state index in [0.29, 0.717) is 25.1 Å². The summed E-state index contributed by atoms with van der Waals surface area (Å²) in [6.45, 7) is 0. The zero-order chi connectivity index (χ0) is 23.3. The fourth-order valence-electron chi connectivity index (χ4n) is 3.68. The van der Waals surface area contributed by atoms with Crippen molar-refractivity contribution in [2.24, 2.45) is 11.7 Å². The van der Waals surface area contributed by atoms with Crippen LogP contribution < -0.4 is 16.4 Å². The number of nitrogens with zero attached hydrogens (tertiary/aromatic N) is 4. The van der Waals surface area contributed by atoms with Gasteiger partial charge in [0.1, 0.15) is 0 Å². The van der Waals surface area contributed by atoms with E-state index in [1.165, 1.54) is 17.3 Å². The third-order valence-corrected chi connectivity index (χ3v) is 5.35. The maximum absolute atomic E-state index is 12.8. The summed E-state index contributed by atoms with van der Waals surface area (Å²) in [4.78, 5) is 62.2. The van der Waals surface area contributed by atoms with Crippen LogP contribution in [0.4, 0.5) is 0 Å². The Morgan fingerprint density at radius 2 is 1.66 bits per heavy atom. The molecule has 3 rings (SSSR count). The van der Waals surface area contributed by atoms with E-state index in [9.17, 15) is 19.2 Å². The van der Waals surface area contributed by atoms with Crippen molar-refractivity contribution in [3.63, 3.8) is 0 Å². The Morgan fingerprint density at radius 1 is 1.00 bits per heavy atom. The van der Waals surface area contributed by atoms with E-state index in [4.69, 9.17) is 5.73 Å². The Kier molecular flexibility index (Phi) is 7.08. The third-order valence-electron chi connectivity index (χ3n) is 5.35. The van der Waals surface area contributed by atoms with Crippen LogP contribution >= 0.6 is 0 Å². The number of hydrogen-bond acceptors (Lipinski definition) is 7. The van der Waals surface area contributed by atoms with Gasteiger partial charge in [0.2, 0.25) is 5.91 Å². The molecule has 0 aromatic carbocycles. The molecular weight excluding hydrogens is 414 g/mol. The average Bonchev–Trinajstić information content (AvgIpc) is 2.80. The first kappa shape index (κ1) is 22.8. The van der Waals surface area contributed by atoms with Crippen molar-refractivity contribution < 1.29 is 19.2 Å². The summed E-state index contributed by atoms with van der Waals surface area (Å²) in [6, 6.07) is 2.39. The van der Waals surface area contributed by atoms with Gasteiger partial charge < -0.3 is 21.3 Å². The van der Waals surface area contributed by atoms with E-state index in [1.54, 1.807) is 38.6 Å². The molecular formula is C21H25N7O4. The molecule has 1 fully saturated rings. The van der Waals surface area contributed by atoms with Crippen LogP contribution in [0.2, 0.25) is 0 Å². The molecule has 0 bridgehead atoms. The zero-order valence-corrected chi connectivity index (χ0v) is 17.8. The lowest BCUT2D eigenvalue weighted by Gasteiger charge is -2.37. The number of amides is 4. The van der Waals surface area contributed by atoms with E-state index in [2.05, 4.69) is 25.6 Å². The van der Waals surface area contributed by atoms with Gasteiger partial charge in [0.05, 0.1) is 11.6 Å². The summed E-state index contributed by atoms with van der Waals surface area (Å²) in [6.07, 6.45) is 7.27. The van der Waals surface area contributed by atoms with Crippen LogP contribution in [-0.4, -0.2) is 69.7 Å². The van der Waals surface area contributed by atoms with E-state index in [1.807, 2.05) is 0 Å². The summed E-state index contributed by atoms with van der Waals surface area (Å²) >= 11 is 0. The maximum Gasteiger partial charge on any atom is 0.309 e. The second kappa shape index (κ2) is 9.94. The molecule has 168 valence electrons. The lowest BCUT2D eigenvalue weighted by Crippen LogP contribution is -2.57. The highest BCUT2D eigenvalue weighted by Gasteiger charge is 2.36. The first-order valence-corrected chi connectivity index (χ1v) is 10.1. The number of pyridine rings is 1. The van der Waals surface area contributed by atoms with Gasteiger partial charge in [0.15, 0.2) is 5.82 Å². The molecule has 0 spiro atoms. The fourth-order valence-corrected chi connectivity index (χ4v) is 3.68. The Hall–Kier alpha value is -3.89. The topological polar surface area (TPSA) is 160 Å². The van der Waals surface area contributed by atoms with E-state index in [0.717, 1.165) is 5.56 Å². The predicted octanol–water partition coefficient (Wildman–Crippen LogP) is -0.505. The van der Waals surface area contributed by atoms with Gasteiger partial charge in [-0.25, -0.2) is 9.97 Å². The standard InChI is InChI=1S/C21H25N7O4/c1-28(2)21(32)13-3-4-15(26-20(31)17(22)29)16(9-13)27-19(30)14-10-24-18(25-11-14)12-5-7-23-8-6-12/h5-8,10-11,13,15-16H,3-4,9H2,1-2H3,(H2,22,29)(H,26,31)(H,27,30)/t13-,15-,16+/m0/s1. The van der Waals surface area contributed by atoms with E-state index >= 15 is 0 Å². The first-order chi connectivity index (χ1) is 15.3. The molecule has 0 aliphatic heterocycles. The van der Waals surface area contributed by atoms with Gasteiger partial charge in [0.25, 0.3) is 5.91 Å². The Bertz CT molecular complexity index is 995. The van der Waals surface area contributed by atoms with Gasteiger partial charge in [-0.15, -0.1) is 0 Å². The van der Waals surface area contributed by atoms with Crippen LogP contribution in [0.5, 0.6) is 0 Å². The van der Waals surface area contributed by atoms with Crippen LogP contribution in [0.15, 0.2) is 36.9 Å². The highest BCUT2D eigenvalue weighted by atomic mass is 16.2. The van der Waals surface area contributed by atoms with Gasteiger partial charge in [-0.05, 0) is 31.4 Å². The van der Waals surface area contributed by atoms with Crippen molar-refractivity contribution in [3.8, 4) is 11.4 Å². The highest BCUT2D eigenvalue weighted by Crippen LogP contribution is 2.26. The molecule has 1 saturated carbocycles. The summed E-state index contributed by atoms with van der Waals surface area (Å²) in [5.74, 6) is -2.42. The van der Waals surface area contributed by atoms with Crippen LogP contribution in [0.25, 0.3) is 11.4 Å². The van der Waals surface area contributed by atoms with Crippen LogP contribution in [0, 0.1) is 5.92 Å². The molecule has 32 heavy (non-hydrogen) atoms. The van der Waals surface area contributed by atoms with E-state index in [-0.39, 0.29) is 17.4 Å². The number of nitrogens with two attached hydrogens (primary N) is 1. The van der Waals surface area contributed by atoms with Gasteiger partial charge in [-0.1, -0.05) is 0 Å². The molecule has 2 heterocycles. The number of nitrogens with one attached hydrogen (secondary N) is 2. The molecule has 1 aliphatic carbocycles. The molecule has 2 aromatic heterocycles. The third kappa shape index (κ3) is 5.42. The Morgan fingerprint density at radius 3 is 2.25 bits per heavy atom. The lowest BCUT2D eigenvalue weighted by molar-refractivity contribution is -0.138. The maximum atomic E-state index is 12.8. The molecule has 11 nitrogen and oxygen atoms in total. The smallest absolute Gasteiger partial charge is 0.309 e. The van der Waals surface area contributed by atoms with Crippen molar-refractivity contribution in [2.75, 3.05) is 14.1 Å².